The summed E-state index contributed by atoms with van der Waals surface area (Å²) in [7, 11) is 3.79. The van der Waals surface area contributed by atoms with Crippen molar-refractivity contribution in [1.29, 1.82) is 0 Å². The number of thiazole rings is 2. The second kappa shape index (κ2) is 9.46. The summed E-state index contributed by atoms with van der Waals surface area (Å²) in [6.45, 7) is 4.59. The molecule has 0 radical (unpaired) electrons. The zero-order valence-electron chi connectivity index (χ0n) is 16.6. The molecule has 0 aliphatic heterocycles. The van der Waals surface area contributed by atoms with Crippen LogP contribution >= 0.6 is 35.1 Å². The minimum atomic E-state index is -4.77. The number of carbonyl (C=O) groups excluding carboxylic acids is 1. The highest BCUT2D eigenvalue weighted by Crippen LogP contribution is 2.34. The lowest BCUT2D eigenvalue weighted by molar-refractivity contribution is -0.274. The molecule has 0 spiro atoms. The smallest absolute Gasteiger partial charge is 0.406 e. The number of halogens is 4. The molecule has 0 aliphatic rings. The van der Waals surface area contributed by atoms with Gasteiger partial charge >= 0.3 is 6.36 Å². The van der Waals surface area contributed by atoms with Crippen LogP contribution in [0.5, 0.6) is 5.75 Å². The highest BCUT2D eigenvalue weighted by Gasteiger charge is 2.31. The monoisotopic (exact) mass is 480 g/mol. The summed E-state index contributed by atoms with van der Waals surface area (Å²) in [6.07, 6.45) is -4.77. The Hall–Kier alpha value is -1.95. The van der Waals surface area contributed by atoms with Gasteiger partial charge in [-0.25, -0.2) is 9.97 Å². The number of alkyl halides is 3. The van der Waals surface area contributed by atoms with E-state index in [1.807, 2.05) is 25.9 Å². The number of carbonyl (C=O) groups is 1. The molecule has 0 saturated heterocycles. The number of rotatable bonds is 6. The molecule has 0 aliphatic carbocycles. The number of amides is 1. The molecule has 0 bridgehead atoms. The van der Waals surface area contributed by atoms with Gasteiger partial charge in [-0.15, -0.1) is 36.9 Å². The van der Waals surface area contributed by atoms with E-state index in [0.717, 1.165) is 16.3 Å². The number of aromatic nitrogens is 2. The van der Waals surface area contributed by atoms with Crippen molar-refractivity contribution in [3.8, 4) is 5.75 Å². The lowest BCUT2D eigenvalue weighted by atomic mass is 10.3. The van der Waals surface area contributed by atoms with Crippen LogP contribution in [0.2, 0.25) is 0 Å². The molecule has 0 unspecified atom stereocenters. The normalized spacial score (nSPS) is 11.6. The molecule has 12 heteroatoms. The summed E-state index contributed by atoms with van der Waals surface area (Å²) < 4.78 is 41.9. The second-order valence-corrected chi connectivity index (χ2v) is 8.79. The standard InChI is InChI=1S/C18H19F3N4O2S2.ClH/c1-10-15(28-11(2)22-10)16(26)25(8-7-24(3)4)17-23-13-6-5-12(9-14(13)29-17)27-18(19,20)21;/h5-6,9H,7-8H2,1-4H3;1H. The zero-order valence-corrected chi connectivity index (χ0v) is 19.1. The summed E-state index contributed by atoms with van der Waals surface area (Å²) in [5.74, 6) is -0.541. The lowest BCUT2D eigenvalue weighted by Gasteiger charge is -2.21. The Morgan fingerprint density at radius 2 is 1.83 bits per heavy atom. The van der Waals surface area contributed by atoms with Gasteiger partial charge in [-0.1, -0.05) is 11.3 Å². The number of hydrogen-bond acceptors (Lipinski definition) is 7. The first kappa shape index (κ1) is 24.3. The van der Waals surface area contributed by atoms with Crippen LogP contribution in [0.1, 0.15) is 20.4 Å². The number of ether oxygens (including phenoxy) is 1. The summed E-state index contributed by atoms with van der Waals surface area (Å²) in [5, 5.41) is 1.21. The van der Waals surface area contributed by atoms with Gasteiger partial charge in [0.1, 0.15) is 10.6 Å². The Labute approximate surface area is 185 Å². The van der Waals surface area contributed by atoms with Gasteiger partial charge in [0.25, 0.3) is 5.91 Å². The fourth-order valence-corrected chi connectivity index (χ4v) is 4.53. The average molecular weight is 481 g/mol. The molecule has 0 N–H and O–H groups in total. The summed E-state index contributed by atoms with van der Waals surface area (Å²) in [6, 6.07) is 3.94. The van der Waals surface area contributed by atoms with Crippen LogP contribution in [0.25, 0.3) is 10.2 Å². The maximum absolute atomic E-state index is 13.2. The van der Waals surface area contributed by atoms with Crippen molar-refractivity contribution < 1.29 is 22.7 Å². The second-order valence-electron chi connectivity index (χ2n) is 6.58. The highest BCUT2D eigenvalue weighted by molar-refractivity contribution is 7.22. The number of aryl methyl sites for hydroxylation is 2. The van der Waals surface area contributed by atoms with E-state index in [-0.39, 0.29) is 24.1 Å². The molecule has 3 aromatic rings. The van der Waals surface area contributed by atoms with Crippen LogP contribution in [-0.2, 0) is 0 Å². The third-order valence-corrected chi connectivity index (χ3v) is 6.03. The molecule has 1 aromatic carbocycles. The van der Waals surface area contributed by atoms with Gasteiger partial charge in [0.15, 0.2) is 5.13 Å². The van der Waals surface area contributed by atoms with Crippen molar-refractivity contribution in [3.05, 3.63) is 33.8 Å². The molecule has 0 fully saturated rings. The maximum Gasteiger partial charge on any atom is 0.573 e. The van der Waals surface area contributed by atoms with Crippen LogP contribution in [0, 0.1) is 13.8 Å². The molecule has 0 atom stereocenters. The van der Waals surface area contributed by atoms with Crippen LogP contribution in [0.15, 0.2) is 18.2 Å². The van der Waals surface area contributed by atoms with Gasteiger partial charge in [0.2, 0.25) is 0 Å². The van der Waals surface area contributed by atoms with E-state index in [2.05, 4.69) is 14.7 Å². The third kappa shape index (κ3) is 5.81. The number of benzene rings is 1. The Morgan fingerprint density at radius 3 is 2.40 bits per heavy atom. The molecule has 0 saturated carbocycles. The van der Waals surface area contributed by atoms with Gasteiger partial charge in [-0.3, -0.25) is 9.69 Å². The number of nitrogens with zero attached hydrogens (tertiary/aromatic N) is 4. The molecule has 2 aromatic heterocycles. The predicted molar refractivity (Wildman–Crippen MR) is 115 cm³/mol. The summed E-state index contributed by atoms with van der Waals surface area (Å²) in [4.78, 5) is 26.0. The van der Waals surface area contributed by atoms with Gasteiger partial charge in [-0.2, -0.15) is 0 Å². The van der Waals surface area contributed by atoms with Gasteiger partial charge in [0, 0.05) is 19.2 Å². The average Bonchev–Trinajstić information content (AvgIpc) is 3.15. The number of anilines is 1. The largest absolute Gasteiger partial charge is 0.573 e. The minimum Gasteiger partial charge on any atom is -0.406 e. The summed E-state index contributed by atoms with van der Waals surface area (Å²) >= 11 is 2.46. The van der Waals surface area contributed by atoms with E-state index in [1.165, 1.54) is 29.5 Å². The van der Waals surface area contributed by atoms with Gasteiger partial charge < -0.3 is 9.64 Å². The van der Waals surface area contributed by atoms with E-state index in [4.69, 9.17) is 0 Å². The van der Waals surface area contributed by atoms with Crippen LogP contribution in [0.4, 0.5) is 18.3 Å². The van der Waals surface area contributed by atoms with Crippen LogP contribution < -0.4 is 9.64 Å². The van der Waals surface area contributed by atoms with Crippen LogP contribution in [-0.4, -0.2) is 54.3 Å². The Bertz CT molecular complexity index is 1040. The summed E-state index contributed by atoms with van der Waals surface area (Å²) in [5.41, 5.74) is 1.15. The van der Waals surface area contributed by atoms with E-state index in [9.17, 15) is 18.0 Å². The molecule has 6 nitrogen and oxygen atoms in total. The molecular weight excluding hydrogens is 461 g/mol. The molecular formula is C18H20ClF3N4O2S2. The third-order valence-electron chi connectivity index (χ3n) is 3.93. The first-order valence-corrected chi connectivity index (χ1v) is 10.2. The zero-order chi connectivity index (χ0) is 21.3. The fraction of sp³-hybridized carbons (Fsp3) is 0.389. The maximum atomic E-state index is 13.2. The first-order chi connectivity index (χ1) is 13.5. The number of hydrogen-bond donors (Lipinski definition) is 0. The van der Waals surface area contributed by atoms with Crippen molar-refractivity contribution in [2.45, 2.75) is 20.2 Å². The topological polar surface area (TPSA) is 58.6 Å². The van der Waals surface area contributed by atoms with Crippen molar-refractivity contribution in [3.63, 3.8) is 0 Å². The predicted octanol–water partition coefficient (Wildman–Crippen LogP) is 4.90. The van der Waals surface area contributed by atoms with Gasteiger partial charge in [0.05, 0.1) is 20.9 Å². The highest BCUT2D eigenvalue weighted by atomic mass is 35.5. The van der Waals surface area contributed by atoms with Crippen molar-refractivity contribution in [2.24, 2.45) is 0 Å². The van der Waals surface area contributed by atoms with E-state index in [1.54, 1.807) is 11.8 Å². The fourth-order valence-electron chi connectivity index (χ4n) is 2.64. The number of likely N-dealkylation sites (N-methyl/N-ethyl adjacent to an activating group) is 1. The quantitative estimate of drug-likeness (QED) is 0.502. The Balaban J connectivity index is 0.00000320. The SMILES string of the molecule is Cc1nc(C)c(C(=O)N(CCN(C)C)c2nc3ccc(OC(F)(F)F)cc3s2)s1.Cl. The lowest BCUT2D eigenvalue weighted by Crippen LogP contribution is -2.36. The Kier molecular flexibility index (Phi) is 7.67. The van der Waals surface area contributed by atoms with Crippen LogP contribution in [0.3, 0.4) is 0 Å². The molecule has 1 amide bonds. The first-order valence-electron chi connectivity index (χ1n) is 8.60. The minimum absolute atomic E-state index is 0. The molecule has 30 heavy (non-hydrogen) atoms. The molecule has 2 heterocycles. The van der Waals surface area contributed by atoms with Crippen molar-refractivity contribution in [2.75, 3.05) is 32.1 Å². The van der Waals surface area contributed by atoms with E-state index >= 15 is 0 Å². The van der Waals surface area contributed by atoms with Crippen molar-refractivity contribution in [1.82, 2.24) is 14.9 Å². The van der Waals surface area contributed by atoms with E-state index < -0.39 is 6.36 Å². The van der Waals surface area contributed by atoms with E-state index in [0.29, 0.717) is 39.0 Å². The van der Waals surface area contributed by atoms with Gasteiger partial charge in [-0.05, 0) is 40.1 Å². The molecule has 164 valence electrons. The number of fused-ring (bicyclic) bond motifs is 1. The molecule has 3 rings (SSSR count). The Morgan fingerprint density at radius 1 is 1.13 bits per heavy atom. The van der Waals surface area contributed by atoms with Crippen molar-refractivity contribution >= 4 is 56.3 Å².